The number of carbonyl (C=O) groups is 1. The number of hydrogen-bond donors (Lipinski definition) is 3. The maximum Gasteiger partial charge on any atom is 0.321 e. The number of carboxylic acid groups (broad SMARTS) is 1. The van der Waals surface area contributed by atoms with Crippen molar-refractivity contribution in [3.63, 3.8) is 0 Å². The van der Waals surface area contributed by atoms with Gasteiger partial charge in [-0.15, -0.1) is 0 Å². The van der Waals surface area contributed by atoms with E-state index in [-0.39, 0.29) is 5.25 Å². The van der Waals surface area contributed by atoms with Crippen molar-refractivity contribution in [2.45, 2.75) is 31.2 Å². The number of aliphatic hydroxyl groups is 1. The highest BCUT2D eigenvalue weighted by molar-refractivity contribution is 8.00. The normalized spacial score (nSPS) is 18.3. The Labute approximate surface area is 76.1 Å². The smallest absolute Gasteiger partial charge is 0.321 e. The predicted octanol–water partition coefficient (Wildman–Crippen LogP) is -0.0992. The molecule has 3 atom stereocenters. The lowest BCUT2D eigenvalue weighted by Crippen LogP contribution is -2.33. The third-order valence-corrected chi connectivity index (χ3v) is 3.01. The average Bonchev–Trinajstić information content (AvgIpc) is 1.98. The zero-order valence-electron chi connectivity index (χ0n) is 7.23. The van der Waals surface area contributed by atoms with E-state index in [1.165, 1.54) is 11.8 Å². The molecule has 12 heavy (non-hydrogen) atoms. The number of rotatable bonds is 5. The molecule has 0 aliphatic rings. The molecule has 0 bridgehead atoms. The molecule has 0 aromatic rings. The maximum atomic E-state index is 10.3. The van der Waals surface area contributed by atoms with Crippen LogP contribution in [0.15, 0.2) is 0 Å². The van der Waals surface area contributed by atoms with Gasteiger partial charge >= 0.3 is 5.97 Å². The molecule has 0 aliphatic carbocycles. The quantitative estimate of drug-likeness (QED) is 0.568. The first-order chi connectivity index (χ1) is 5.45. The van der Waals surface area contributed by atoms with Crippen LogP contribution in [0, 0.1) is 0 Å². The monoisotopic (exact) mass is 193 g/mol. The Kier molecular flexibility index (Phi) is 5.28. The molecular weight excluding hydrogens is 178 g/mol. The second-order valence-corrected chi connectivity index (χ2v) is 4.13. The van der Waals surface area contributed by atoms with Crippen LogP contribution in [0.5, 0.6) is 0 Å². The summed E-state index contributed by atoms with van der Waals surface area (Å²) in [5.41, 5.74) is 5.26. The molecule has 4 N–H and O–H groups in total. The van der Waals surface area contributed by atoms with Crippen molar-refractivity contribution in [1.82, 2.24) is 0 Å². The van der Waals surface area contributed by atoms with Crippen molar-refractivity contribution in [3.05, 3.63) is 0 Å². The Hall–Kier alpha value is -0.260. The fourth-order valence-corrected chi connectivity index (χ4v) is 1.40. The van der Waals surface area contributed by atoms with E-state index in [0.29, 0.717) is 5.75 Å². The second-order valence-electron chi connectivity index (χ2n) is 2.72. The molecule has 2 unspecified atom stereocenters. The van der Waals surface area contributed by atoms with Crippen LogP contribution >= 0.6 is 11.8 Å². The lowest BCUT2D eigenvalue weighted by Gasteiger charge is -2.15. The Balaban J connectivity index is 3.61. The summed E-state index contributed by atoms with van der Waals surface area (Å²) in [7, 11) is 0. The van der Waals surface area contributed by atoms with E-state index in [2.05, 4.69) is 0 Å². The van der Waals surface area contributed by atoms with E-state index in [1.807, 2.05) is 6.92 Å². The highest BCUT2D eigenvalue weighted by Gasteiger charge is 2.15. The Morgan fingerprint density at radius 2 is 2.08 bits per heavy atom. The van der Waals surface area contributed by atoms with Crippen molar-refractivity contribution in [1.29, 1.82) is 0 Å². The van der Waals surface area contributed by atoms with E-state index in [0.717, 1.165) is 0 Å². The summed E-state index contributed by atoms with van der Waals surface area (Å²) >= 11 is 1.37. The highest BCUT2D eigenvalue weighted by atomic mass is 32.2. The van der Waals surface area contributed by atoms with Gasteiger partial charge in [-0.2, -0.15) is 11.8 Å². The molecule has 0 amide bonds. The first-order valence-electron chi connectivity index (χ1n) is 3.73. The summed E-state index contributed by atoms with van der Waals surface area (Å²) in [5.74, 6) is -0.665. The fourth-order valence-electron chi connectivity index (χ4n) is 0.466. The molecule has 0 radical (unpaired) electrons. The second kappa shape index (κ2) is 5.40. The molecule has 5 heteroatoms. The van der Waals surface area contributed by atoms with Crippen LogP contribution in [0.4, 0.5) is 0 Å². The lowest BCUT2D eigenvalue weighted by molar-refractivity contribution is -0.137. The molecule has 0 saturated heterocycles. The van der Waals surface area contributed by atoms with Crippen LogP contribution in [-0.2, 0) is 4.79 Å². The van der Waals surface area contributed by atoms with Gasteiger partial charge in [0.2, 0.25) is 0 Å². The van der Waals surface area contributed by atoms with Crippen molar-refractivity contribution in [3.8, 4) is 0 Å². The van der Waals surface area contributed by atoms with Gasteiger partial charge in [-0.25, -0.2) is 0 Å². The summed E-state index contributed by atoms with van der Waals surface area (Å²) < 4.78 is 0. The zero-order valence-corrected chi connectivity index (χ0v) is 8.04. The van der Waals surface area contributed by atoms with Gasteiger partial charge in [0.15, 0.2) is 0 Å². The Morgan fingerprint density at radius 3 is 2.42 bits per heavy atom. The predicted molar refractivity (Wildman–Crippen MR) is 49.2 cm³/mol. The van der Waals surface area contributed by atoms with E-state index >= 15 is 0 Å². The van der Waals surface area contributed by atoms with Crippen molar-refractivity contribution >= 4 is 17.7 Å². The molecule has 72 valence electrons. The summed E-state index contributed by atoms with van der Waals surface area (Å²) in [5, 5.41) is 17.5. The molecule has 0 aliphatic heterocycles. The molecule has 0 rings (SSSR count). The van der Waals surface area contributed by atoms with Gasteiger partial charge in [-0.05, 0) is 6.92 Å². The van der Waals surface area contributed by atoms with Crippen LogP contribution in [-0.4, -0.2) is 39.3 Å². The lowest BCUT2D eigenvalue weighted by atomic mass is 10.3. The van der Waals surface area contributed by atoms with Crippen molar-refractivity contribution in [2.75, 3.05) is 5.75 Å². The number of aliphatic hydroxyl groups excluding tert-OH is 1. The van der Waals surface area contributed by atoms with Gasteiger partial charge in [0.05, 0.1) is 6.10 Å². The molecule has 0 fully saturated rings. The number of carboxylic acids is 1. The van der Waals surface area contributed by atoms with Crippen LogP contribution in [0.1, 0.15) is 13.8 Å². The van der Waals surface area contributed by atoms with E-state index < -0.39 is 18.1 Å². The van der Waals surface area contributed by atoms with E-state index in [9.17, 15) is 4.79 Å². The minimum atomic E-state index is -1.000. The van der Waals surface area contributed by atoms with Crippen molar-refractivity contribution in [2.24, 2.45) is 5.73 Å². The van der Waals surface area contributed by atoms with Crippen LogP contribution in [0.2, 0.25) is 0 Å². The minimum absolute atomic E-state index is 0.0235. The molecule has 0 saturated carbocycles. The molecule has 0 aromatic heterocycles. The van der Waals surface area contributed by atoms with Crippen LogP contribution < -0.4 is 5.73 Å². The van der Waals surface area contributed by atoms with E-state index in [1.54, 1.807) is 6.92 Å². The first-order valence-corrected chi connectivity index (χ1v) is 4.78. The zero-order chi connectivity index (χ0) is 9.72. The SMILES string of the molecule is CC(O)C(C)SC[C@@H](N)C(=O)O. The van der Waals surface area contributed by atoms with Crippen LogP contribution in [0.25, 0.3) is 0 Å². The topological polar surface area (TPSA) is 83.5 Å². The van der Waals surface area contributed by atoms with Gasteiger partial charge in [0, 0.05) is 11.0 Å². The molecule has 0 spiro atoms. The standard InChI is InChI=1S/C7H15NO3S/c1-4(9)5(2)12-3-6(8)7(10)11/h4-6,9H,3,8H2,1-2H3,(H,10,11)/t4?,5?,6-/m1/s1. The van der Waals surface area contributed by atoms with Gasteiger partial charge in [0.1, 0.15) is 6.04 Å². The average molecular weight is 193 g/mol. The number of hydrogen-bond acceptors (Lipinski definition) is 4. The van der Waals surface area contributed by atoms with Gasteiger partial charge in [-0.3, -0.25) is 4.79 Å². The van der Waals surface area contributed by atoms with E-state index in [4.69, 9.17) is 15.9 Å². The van der Waals surface area contributed by atoms with Gasteiger partial charge < -0.3 is 15.9 Å². The molecule has 4 nitrogen and oxygen atoms in total. The number of thioether (sulfide) groups is 1. The van der Waals surface area contributed by atoms with Gasteiger partial charge in [-0.1, -0.05) is 6.92 Å². The Morgan fingerprint density at radius 1 is 1.58 bits per heavy atom. The third kappa shape index (κ3) is 4.58. The summed E-state index contributed by atoms with van der Waals surface area (Å²) in [6.07, 6.45) is -0.434. The molecular formula is C7H15NO3S. The maximum absolute atomic E-state index is 10.3. The minimum Gasteiger partial charge on any atom is -0.480 e. The molecule has 0 heterocycles. The third-order valence-electron chi connectivity index (χ3n) is 1.54. The molecule has 0 aromatic carbocycles. The number of aliphatic carboxylic acids is 1. The summed E-state index contributed by atoms with van der Waals surface area (Å²) in [6.45, 7) is 3.51. The Bertz CT molecular complexity index is 152. The van der Waals surface area contributed by atoms with Gasteiger partial charge in [0.25, 0.3) is 0 Å². The number of nitrogens with two attached hydrogens (primary N) is 1. The fraction of sp³-hybridized carbons (Fsp3) is 0.857. The largest absolute Gasteiger partial charge is 0.480 e. The highest BCUT2D eigenvalue weighted by Crippen LogP contribution is 2.14. The van der Waals surface area contributed by atoms with Crippen LogP contribution in [0.3, 0.4) is 0 Å². The van der Waals surface area contributed by atoms with Crippen molar-refractivity contribution < 1.29 is 15.0 Å². The summed E-state index contributed by atoms with van der Waals surface area (Å²) in [6, 6.07) is -0.837. The first kappa shape index (κ1) is 11.7. The summed E-state index contributed by atoms with van der Waals surface area (Å²) in [4.78, 5) is 10.3.